The maximum atomic E-state index is 5.73. The van der Waals surface area contributed by atoms with Gasteiger partial charge in [0.25, 0.3) is 0 Å². The molecule has 1 unspecified atom stereocenters. The van der Waals surface area contributed by atoms with Gasteiger partial charge >= 0.3 is 0 Å². The summed E-state index contributed by atoms with van der Waals surface area (Å²) in [6.45, 7) is 2.10. The summed E-state index contributed by atoms with van der Waals surface area (Å²) < 4.78 is 1.79. The van der Waals surface area contributed by atoms with Crippen LogP contribution in [-0.4, -0.2) is 14.8 Å². The molecule has 3 rings (SSSR count). The Bertz CT molecular complexity index is 762. The largest absolute Gasteiger partial charge is 0.276 e. The summed E-state index contributed by atoms with van der Waals surface area (Å²) >= 11 is 0. The molecule has 0 aliphatic heterocycles. The summed E-state index contributed by atoms with van der Waals surface area (Å²) in [6.07, 6.45) is 2.64. The number of nitrogens with two attached hydrogens (primary N) is 1. The minimum atomic E-state index is -0.0526. The Labute approximate surface area is 123 Å². The molecule has 0 fully saturated rings. The molecule has 0 saturated carbocycles. The van der Waals surface area contributed by atoms with Crippen LogP contribution in [0.25, 0.3) is 10.9 Å². The van der Waals surface area contributed by atoms with Gasteiger partial charge in [-0.05, 0) is 30.7 Å². The molecule has 3 N–H and O–H groups in total. The summed E-state index contributed by atoms with van der Waals surface area (Å²) in [5.74, 6) is 5.73. The van der Waals surface area contributed by atoms with Crippen LogP contribution in [-0.2, 0) is 13.5 Å². The number of hydrogen-bond acceptors (Lipinski definition) is 4. The standard InChI is InChI=1S/C16H19N5/c1-11-9-15(18-14-6-4-3-5-13(11)14)16(19-17)10-12-7-8-21(2)20-12/h3-9,16,19H,10,17H2,1-2H3. The Morgan fingerprint density at radius 2 is 2.10 bits per heavy atom. The summed E-state index contributed by atoms with van der Waals surface area (Å²) in [6, 6.07) is 12.2. The van der Waals surface area contributed by atoms with E-state index in [0.717, 1.165) is 16.9 Å². The first-order chi connectivity index (χ1) is 10.2. The van der Waals surface area contributed by atoms with Crippen LogP contribution in [0.2, 0.25) is 0 Å². The number of para-hydroxylation sites is 1. The van der Waals surface area contributed by atoms with Crippen molar-refractivity contribution < 1.29 is 0 Å². The molecule has 1 aromatic carbocycles. The molecular formula is C16H19N5. The maximum absolute atomic E-state index is 5.73. The number of hydrazine groups is 1. The fourth-order valence-corrected chi connectivity index (χ4v) is 2.58. The molecule has 0 saturated heterocycles. The summed E-state index contributed by atoms with van der Waals surface area (Å²) in [5.41, 5.74) is 6.99. The van der Waals surface area contributed by atoms with Gasteiger partial charge in [0.1, 0.15) is 0 Å². The molecular weight excluding hydrogens is 262 g/mol. The third-order valence-electron chi connectivity index (χ3n) is 3.68. The molecule has 0 bridgehead atoms. The minimum Gasteiger partial charge on any atom is -0.276 e. The molecule has 2 aromatic heterocycles. The first-order valence-corrected chi connectivity index (χ1v) is 6.98. The van der Waals surface area contributed by atoms with Gasteiger partial charge in [0.2, 0.25) is 0 Å². The van der Waals surface area contributed by atoms with Crippen LogP contribution in [0.1, 0.15) is 23.0 Å². The van der Waals surface area contributed by atoms with Gasteiger partial charge in [0.15, 0.2) is 0 Å². The van der Waals surface area contributed by atoms with Gasteiger partial charge in [-0.2, -0.15) is 5.10 Å². The van der Waals surface area contributed by atoms with E-state index in [4.69, 9.17) is 10.8 Å². The van der Waals surface area contributed by atoms with Crippen LogP contribution in [0.3, 0.4) is 0 Å². The molecule has 0 radical (unpaired) electrons. The fraction of sp³-hybridized carbons (Fsp3) is 0.250. The number of fused-ring (bicyclic) bond motifs is 1. The van der Waals surface area contributed by atoms with E-state index in [-0.39, 0.29) is 6.04 Å². The molecule has 0 spiro atoms. The Morgan fingerprint density at radius 3 is 2.81 bits per heavy atom. The zero-order chi connectivity index (χ0) is 14.8. The van der Waals surface area contributed by atoms with Gasteiger partial charge in [-0.15, -0.1) is 0 Å². The highest BCUT2D eigenvalue weighted by Crippen LogP contribution is 2.22. The summed E-state index contributed by atoms with van der Waals surface area (Å²) in [5, 5.41) is 5.58. The van der Waals surface area contributed by atoms with Gasteiger partial charge < -0.3 is 0 Å². The second kappa shape index (κ2) is 5.63. The topological polar surface area (TPSA) is 68.8 Å². The Balaban J connectivity index is 1.96. The van der Waals surface area contributed by atoms with Gasteiger partial charge in [-0.1, -0.05) is 18.2 Å². The highest BCUT2D eigenvalue weighted by Gasteiger charge is 2.15. The highest BCUT2D eigenvalue weighted by atomic mass is 15.3. The van der Waals surface area contributed by atoms with Crippen LogP contribution < -0.4 is 11.3 Å². The Morgan fingerprint density at radius 1 is 1.29 bits per heavy atom. The smallest absolute Gasteiger partial charge is 0.0708 e. The molecule has 5 nitrogen and oxygen atoms in total. The molecule has 0 aliphatic rings. The predicted molar refractivity (Wildman–Crippen MR) is 83.5 cm³/mol. The second-order valence-electron chi connectivity index (χ2n) is 5.29. The van der Waals surface area contributed by atoms with Gasteiger partial charge in [0, 0.05) is 25.1 Å². The van der Waals surface area contributed by atoms with E-state index in [1.807, 2.05) is 37.5 Å². The number of aromatic nitrogens is 3. The number of nitrogens with zero attached hydrogens (tertiary/aromatic N) is 3. The lowest BCUT2D eigenvalue weighted by atomic mass is 10.0. The van der Waals surface area contributed by atoms with Crippen molar-refractivity contribution in [2.75, 3.05) is 0 Å². The molecule has 0 amide bonds. The first kappa shape index (κ1) is 13.7. The third kappa shape index (κ3) is 2.79. The normalized spacial score (nSPS) is 12.7. The number of benzene rings is 1. The van der Waals surface area contributed by atoms with E-state index in [0.29, 0.717) is 6.42 Å². The zero-order valence-corrected chi connectivity index (χ0v) is 12.2. The van der Waals surface area contributed by atoms with Crippen molar-refractivity contribution in [3.8, 4) is 0 Å². The van der Waals surface area contributed by atoms with Crippen LogP contribution in [0.5, 0.6) is 0 Å². The SMILES string of the molecule is Cc1cc(C(Cc2ccn(C)n2)NN)nc2ccccc12. The predicted octanol–water partition coefficient (Wildman–Crippen LogP) is 2.02. The number of rotatable bonds is 4. The molecule has 1 atom stereocenters. The summed E-state index contributed by atoms with van der Waals surface area (Å²) in [4.78, 5) is 4.73. The average Bonchev–Trinajstić information content (AvgIpc) is 2.90. The monoisotopic (exact) mass is 281 g/mol. The Hall–Kier alpha value is -2.24. The van der Waals surface area contributed by atoms with E-state index < -0.39 is 0 Å². The van der Waals surface area contributed by atoms with E-state index in [1.54, 1.807) is 4.68 Å². The fourth-order valence-electron chi connectivity index (χ4n) is 2.58. The van der Waals surface area contributed by atoms with Gasteiger partial charge in [0.05, 0.1) is 22.9 Å². The van der Waals surface area contributed by atoms with E-state index in [1.165, 1.54) is 10.9 Å². The first-order valence-electron chi connectivity index (χ1n) is 6.98. The Kier molecular flexibility index (Phi) is 3.68. The van der Waals surface area contributed by atoms with E-state index in [2.05, 4.69) is 29.6 Å². The second-order valence-corrected chi connectivity index (χ2v) is 5.29. The van der Waals surface area contributed by atoms with Crippen LogP contribution in [0.15, 0.2) is 42.6 Å². The van der Waals surface area contributed by atoms with Gasteiger partial charge in [-0.3, -0.25) is 20.9 Å². The zero-order valence-electron chi connectivity index (χ0n) is 12.2. The van der Waals surface area contributed by atoms with E-state index >= 15 is 0 Å². The van der Waals surface area contributed by atoms with Crippen molar-refractivity contribution in [1.29, 1.82) is 0 Å². The molecule has 21 heavy (non-hydrogen) atoms. The quantitative estimate of drug-likeness (QED) is 0.567. The number of aryl methyl sites for hydroxylation is 2. The lowest BCUT2D eigenvalue weighted by Gasteiger charge is -2.16. The summed E-state index contributed by atoms with van der Waals surface area (Å²) in [7, 11) is 1.91. The molecule has 3 aromatic rings. The van der Waals surface area contributed by atoms with Gasteiger partial charge in [-0.25, -0.2) is 0 Å². The molecule has 2 heterocycles. The maximum Gasteiger partial charge on any atom is 0.0708 e. The lowest BCUT2D eigenvalue weighted by molar-refractivity contribution is 0.530. The highest BCUT2D eigenvalue weighted by molar-refractivity contribution is 5.82. The molecule has 0 aliphatic carbocycles. The van der Waals surface area contributed by atoms with E-state index in [9.17, 15) is 0 Å². The average molecular weight is 281 g/mol. The van der Waals surface area contributed by atoms with Crippen molar-refractivity contribution in [3.05, 3.63) is 59.5 Å². The minimum absolute atomic E-state index is 0.0526. The number of nitrogens with one attached hydrogen (secondary N) is 1. The van der Waals surface area contributed by atoms with Crippen molar-refractivity contribution in [2.24, 2.45) is 12.9 Å². The number of pyridine rings is 1. The molecule has 5 heteroatoms. The van der Waals surface area contributed by atoms with Crippen LogP contribution in [0, 0.1) is 6.92 Å². The van der Waals surface area contributed by atoms with Crippen molar-refractivity contribution >= 4 is 10.9 Å². The third-order valence-corrected chi connectivity index (χ3v) is 3.68. The molecule has 108 valence electrons. The van der Waals surface area contributed by atoms with Crippen LogP contribution in [0.4, 0.5) is 0 Å². The number of hydrogen-bond donors (Lipinski definition) is 2. The van der Waals surface area contributed by atoms with Crippen LogP contribution >= 0.6 is 0 Å². The van der Waals surface area contributed by atoms with Crippen molar-refractivity contribution in [3.63, 3.8) is 0 Å². The lowest BCUT2D eigenvalue weighted by Crippen LogP contribution is -2.30. The van der Waals surface area contributed by atoms with Crippen molar-refractivity contribution in [1.82, 2.24) is 20.2 Å². The van der Waals surface area contributed by atoms with Crippen molar-refractivity contribution in [2.45, 2.75) is 19.4 Å².